The van der Waals surface area contributed by atoms with Crippen molar-refractivity contribution < 1.29 is 28.3 Å². The van der Waals surface area contributed by atoms with E-state index in [1.165, 1.54) is 24.0 Å². The van der Waals surface area contributed by atoms with Gasteiger partial charge in [-0.3, -0.25) is 29.0 Å². The van der Waals surface area contributed by atoms with E-state index in [1.54, 1.807) is 43.5 Å². The molecular formula is C25H28FN3O5. The Morgan fingerprint density at radius 2 is 1.71 bits per heavy atom. The van der Waals surface area contributed by atoms with Crippen LogP contribution in [-0.4, -0.2) is 73.5 Å². The van der Waals surface area contributed by atoms with Gasteiger partial charge in [0.25, 0.3) is 11.8 Å². The highest BCUT2D eigenvalue weighted by Gasteiger charge is 2.36. The number of carbonyl (C=O) groups excluding carboxylic acids is 3. The predicted molar refractivity (Wildman–Crippen MR) is 123 cm³/mol. The fourth-order valence-corrected chi connectivity index (χ4v) is 4.49. The molecule has 8 nitrogen and oxygen atoms in total. The Hall–Kier alpha value is -3.14. The number of benzene rings is 2. The molecule has 0 aromatic heterocycles. The SMILES string of the molecule is CO[C@@H]1CN(CCN2C(=O)c3ccccc3C2=O)CC[C@@H]1CON(C(C)=O)c1ccccc1F. The molecular weight excluding hydrogens is 441 g/mol. The minimum absolute atomic E-state index is 0.00539. The van der Waals surface area contributed by atoms with Gasteiger partial charge in [-0.25, -0.2) is 4.39 Å². The van der Waals surface area contributed by atoms with E-state index in [9.17, 15) is 18.8 Å². The van der Waals surface area contributed by atoms with Crippen molar-refractivity contribution in [1.29, 1.82) is 0 Å². The molecule has 0 aliphatic carbocycles. The summed E-state index contributed by atoms with van der Waals surface area (Å²) >= 11 is 0. The number of halogens is 1. The molecule has 0 saturated carbocycles. The highest BCUT2D eigenvalue weighted by Crippen LogP contribution is 2.25. The number of anilines is 1. The molecule has 0 spiro atoms. The molecule has 0 unspecified atom stereocenters. The first-order chi connectivity index (χ1) is 16.4. The number of ether oxygens (including phenoxy) is 1. The van der Waals surface area contributed by atoms with E-state index in [0.717, 1.165) is 18.0 Å². The summed E-state index contributed by atoms with van der Waals surface area (Å²) < 4.78 is 19.8. The van der Waals surface area contributed by atoms with Crippen molar-refractivity contribution in [2.24, 2.45) is 5.92 Å². The summed E-state index contributed by atoms with van der Waals surface area (Å²) in [5, 5.41) is 0.983. The van der Waals surface area contributed by atoms with Gasteiger partial charge in [-0.1, -0.05) is 24.3 Å². The molecule has 0 N–H and O–H groups in total. The molecule has 9 heteroatoms. The lowest BCUT2D eigenvalue weighted by atomic mass is 9.94. The molecule has 0 radical (unpaired) electrons. The number of hydrogen-bond donors (Lipinski definition) is 0. The molecule has 4 rings (SSSR count). The monoisotopic (exact) mass is 469 g/mol. The number of para-hydroxylation sites is 1. The molecule has 0 bridgehead atoms. The summed E-state index contributed by atoms with van der Waals surface area (Å²) in [4.78, 5) is 46.4. The summed E-state index contributed by atoms with van der Waals surface area (Å²) in [7, 11) is 1.62. The molecule has 180 valence electrons. The van der Waals surface area contributed by atoms with Crippen LogP contribution in [0, 0.1) is 11.7 Å². The molecule has 2 heterocycles. The van der Waals surface area contributed by atoms with Crippen LogP contribution in [-0.2, 0) is 14.4 Å². The zero-order chi connectivity index (χ0) is 24.2. The van der Waals surface area contributed by atoms with Crippen LogP contribution in [0.3, 0.4) is 0 Å². The lowest BCUT2D eigenvalue weighted by Crippen LogP contribution is -2.49. The summed E-state index contributed by atoms with van der Waals surface area (Å²) in [5.41, 5.74) is 0.966. The second-order valence-corrected chi connectivity index (χ2v) is 8.49. The maximum Gasteiger partial charge on any atom is 0.261 e. The fraction of sp³-hybridized carbons (Fsp3) is 0.400. The Bertz CT molecular complexity index is 1040. The topological polar surface area (TPSA) is 79.4 Å². The number of imide groups is 1. The summed E-state index contributed by atoms with van der Waals surface area (Å²) in [6.45, 7) is 3.66. The van der Waals surface area contributed by atoms with E-state index in [0.29, 0.717) is 30.8 Å². The number of methoxy groups -OCH3 is 1. The fourth-order valence-electron chi connectivity index (χ4n) is 4.49. The number of hydrogen-bond acceptors (Lipinski definition) is 6. The number of likely N-dealkylation sites (tertiary alicyclic amines) is 1. The quantitative estimate of drug-likeness (QED) is 0.437. The molecule has 1 fully saturated rings. The average molecular weight is 470 g/mol. The number of nitrogens with zero attached hydrogens (tertiary/aromatic N) is 3. The van der Waals surface area contributed by atoms with E-state index in [-0.39, 0.29) is 36.1 Å². The first kappa shape index (κ1) is 24.0. The number of rotatable bonds is 8. The number of carbonyl (C=O) groups is 3. The molecule has 34 heavy (non-hydrogen) atoms. The third-order valence-corrected chi connectivity index (χ3v) is 6.38. The van der Waals surface area contributed by atoms with Crippen molar-refractivity contribution in [3.63, 3.8) is 0 Å². The normalized spacial score (nSPS) is 20.5. The number of fused-ring (bicyclic) bond motifs is 1. The van der Waals surface area contributed by atoms with E-state index in [4.69, 9.17) is 9.57 Å². The van der Waals surface area contributed by atoms with Gasteiger partial charge in [0, 0.05) is 39.6 Å². The van der Waals surface area contributed by atoms with Crippen molar-refractivity contribution in [3.8, 4) is 0 Å². The molecule has 2 atom stereocenters. The highest BCUT2D eigenvalue weighted by atomic mass is 19.1. The van der Waals surface area contributed by atoms with Gasteiger partial charge >= 0.3 is 0 Å². The van der Waals surface area contributed by atoms with Gasteiger partial charge < -0.3 is 4.74 Å². The van der Waals surface area contributed by atoms with Crippen molar-refractivity contribution in [3.05, 3.63) is 65.5 Å². The highest BCUT2D eigenvalue weighted by molar-refractivity contribution is 6.21. The number of piperidine rings is 1. The third kappa shape index (κ3) is 4.86. The second kappa shape index (κ2) is 10.4. The van der Waals surface area contributed by atoms with Crippen LogP contribution in [0.25, 0.3) is 0 Å². The minimum Gasteiger partial charge on any atom is -0.380 e. The lowest BCUT2D eigenvalue weighted by Gasteiger charge is -2.38. The van der Waals surface area contributed by atoms with Crippen LogP contribution in [0.2, 0.25) is 0 Å². The summed E-state index contributed by atoms with van der Waals surface area (Å²) in [6, 6.07) is 12.8. The maximum atomic E-state index is 14.2. The van der Waals surface area contributed by atoms with Crippen LogP contribution in [0.15, 0.2) is 48.5 Å². The van der Waals surface area contributed by atoms with Gasteiger partial charge in [0.1, 0.15) is 11.5 Å². The second-order valence-electron chi connectivity index (χ2n) is 8.49. The Morgan fingerprint density at radius 3 is 2.32 bits per heavy atom. The van der Waals surface area contributed by atoms with Crippen LogP contribution < -0.4 is 5.06 Å². The molecule has 2 aliphatic rings. The van der Waals surface area contributed by atoms with Gasteiger partial charge in [0.15, 0.2) is 0 Å². The minimum atomic E-state index is -0.538. The van der Waals surface area contributed by atoms with Crippen LogP contribution >= 0.6 is 0 Å². The smallest absolute Gasteiger partial charge is 0.261 e. The molecule has 3 amide bonds. The van der Waals surface area contributed by atoms with Crippen molar-refractivity contribution >= 4 is 23.4 Å². The average Bonchev–Trinajstić information content (AvgIpc) is 3.08. The molecule has 2 aromatic carbocycles. The third-order valence-electron chi connectivity index (χ3n) is 6.38. The first-order valence-corrected chi connectivity index (χ1v) is 11.3. The number of hydroxylamine groups is 1. The van der Waals surface area contributed by atoms with E-state index in [1.807, 2.05) is 0 Å². The zero-order valence-corrected chi connectivity index (χ0v) is 19.3. The molecule has 2 aliphatic heterocycles. The molecule has 1 saturated heterocycles. The van der Waals surface area contributed by atoms with E-state index in [2.05, 4.69) is 4.90 Å². The van der Waals surface area contributed by atoms with Crippen LogP contribution in [0.5, 0.6) is 0 Å². The van der Waals surface area contributed by atoms with Gasteiger partial charge in [-0.15, -0.1) is 0 Å². The maximum absolute atomic E-state index is 14.2. The zero-order valence-electron chi connectivity index (χ0n) is 19.3. The lowest BCUT2D eigenvalue weighted by molar-refractivity contribution is -0.126. The summed E-state index contributed by atoms with van der Waals surface area (Å²) in [5.74, 6) is -1.48. The Kier molecular flexibility index (Phi) is 7.35. The Labute approximate surface area is 197 Å². The van der Waals surface area contributed by atoms with E-state index >= 15 is 0 Å². The summed E-state index contributed by atoms with van der Waals surface area (Å²) in [6.07, 6.45) is 0.550. The molecule has 2 aromatic rings. The van der Waals surface area contributed by atoms with Gasteiger partial charge in [-0.05, 0) is 37.2 Å². The Balaban J connectivity index is 1.32. The van der Waals surface area contributed by atoms with Crippen molar-refractivity contribution in [2.45, 2.75) is 19.4 Å². The van der Waals surface area contributed by atoms with Crippen LogP contribution in [0.4, 0.5) is 10.1 Å². The van der Waals surface area contributed by atoms with Gasteiger partial charge in [0.05, 0.1) is 23.8 Å². The van der Waals surface area contributed by atoms with Crippen molar-refractivity contribution in [2.75, 3.05) is 45.0 Å². The standard InChI is InChI=1S/C25H28FN3O5/c1-17(30)29(22-10-6-5-9-21(22)26)34-16-18-11-12-27(15-23(18)33-2)13-14-28-24(31)19-7-3-4-8-20(19)25(28)32/h3-10,18,23H,11-16H2,1-2H3/t18-,23-/m1/s1. The number of amides is 3. The van der Waals surface area contributed by atoms with Gasteiger partial charge in [-0.2, -0.15) is 5.06 Å². The first-order valence-electron chi connectivity index (χ1n) is 11.3. The van der Waals surface area contributed by atoms with Crippen LogP contribution in [0.1, 0.15) is 34.1 Å². The Morgan fingerprint density at radius 1 is 1.06 bits per heavy atom. The largest absolute Gasteiger partial charge is 0.380 e. The van der Waals surface area contributed by atoms with E-state index < -0.39 is 11.7 Å². The predicted octanol–water partition coefficient (Wildman–Crippen LogP) is 2.74. The van der Waals surface area contributed by atoms with Crippen molar-refractivity contribution in [1.82, 2.24) is 9.80 Å². The van der Waals surface area contributed by atoms with Gasteiger partial charge in [0.2, 0.25) is 5.91 Å².